The third-order valence-corrected chi connectivity index (χ3v) is 2.81. The molecule has 0 aromatic carbocycles. The molecule has 1 heterocycles. The third kappa shape index (κ3) is 2.72. The predicted octanol–water partition coefficient (Wildman–Crippen LogP) is 2.58. The Balaban J connectivity index is 1.91. The van der Waals surface area contributed by atoms with Crippen molar-refractivity contribution in [2.75, 3.05) is 0 Å². The Morgan fingerprint density at radius 2 is 2.50 bits per heavy atom. The lowest BCUT2D eigenvalue weighted by Crippen LogP contribution is -2.21. The van der Waals surface area contributed by atoms with Crippen LogP contribution in [0.1, 0.15) is 43.2 Å². The van der Waals surface area contributed by atoms with Crippen molar-refractivity contribution in [3.05, 3.63) is 24.2 Å². The smallest absolute Gasteiger partial charge is 0.307 e. The molecule has 1 aliphatic carbocycles. The quantitative estimate of drug-likeness (QED) is 0.779. The van der Waals surface area contributed by atoms with Crippen LogP contribution in [-0.2, 0) is 0 Å². The van der Waals surface area contributed by atoms with Crippen molar-refractivity contribution in [1.82, 2.24) is 5.43 Å². The molecule has 2 rings (SSSR count). The lowest BCUT2D eigenvalue weighted by atomic mass is 9.89. The molecule has 16 heavy (non-hydrogen) atoms. The zero-order valence-electron chi connectivity index (χ0n) is 9.40. The van der Waals surface area contributed by atoms with E-state index in [1.165, 1.54) is 12.7 Å². The van der Waals surface area contributed by atoms with Crippen LogP contribution in [0.3, 0.4) is 0 Å². The van der Waals surface area contributed by atoms with Gasteiger partial charge in [-0.1, -0.05) is 6.92 Å². The molecule has 1 aromatic heterocycles. The molecule has 1 N–H and O–H groups in total. The van der Waals surface area contributed by atoms with Gasteiger partial charge in [0.1, 0.15) is 0 Å². The Morgan fingerprint density at radius 3 is 3.19 bits per heavy atom. The van der Waals surface area contributed by atoms with E-state index in [1.807, 2.05) is 0 Å². The van der Waals surface area contributed by atoms with E-state index in [4.69, 9.17) is 4.42 Å². The van der Waals surface area contributed by atoms with E-state index in [9.17, 15) is 4.79 Å². The number of rotatable bonds is 2. The molecule has 0 radical (unpaired) electrons. The van der Waals surface area contributed by atoms with E-state index < -0.39 is 0 Å². The number of nitrogens with zero attached hydrogens (tertiary/aromatic N) is 1. The maximum Gasteiger partial charge on any atom is 0.307 e. The Kier molecular flexibility index (Phi) is 3.39. The van der Waals surface area contributed by atoms with Crippen LogP contribution in [0.5, 0.6) is 0 Å². The van der Waals surface area contributed by atoms with Crippen molar-refractivity contribution in [2.24, 2.45) is 11.0 Å². The van der Waals surface area contributed by atoms with Crippen LogP contribution in [0.2, 0.25) is 0 Å². The standard InChI is InChI=1S/C12H16N2O2/c1-9-4-2-5-10(8-9)13-14-12(15)11-6-3-7-16-11/h3,6-7,9H,2,4-5,8H2,1H3,(H,14,15)/b13-10-. The van der Waals surface area contributed by atoms with Gasteiger partial charge in [0.2, 0.25) is 0 Å². The fourth-order valence-corrected chi connectivity index (χ4v) is 1.96. The zero-order chi connectivity index (χ0) is 11.4. The number of carbonyl (C=O) groups is 1. The van der Waals surface area contributed by atoms with Crippen LogP contribution in [0.25, 0.3) is 0 Å². The molecule has 4 heteroatoms. The Morgan fingerprint density at radius 1 is 1.62 bits per heavy atom. The SMILES string of the molecule is CC1CCC/C(=N/NC(=O)c2ccco2)C1. The lowest BCUT2D eigenvalue weighted by molar-refractivity contribution is 0.0927. The molecule has 0 aliphatic heterocycles. The van der Waals surface area contributed by atoms with Gasteiger partial charge in [-0.05, 0) is 43.7 Å². The highest BCUT2D eigenvalue weighted by molar-refractivity contribution is 5.93. The van der Waals surface area contributed by atoms with Gasteiger partial charge in [0.25, 0.3) is 0 Å². The van der Waals surface area contributed by atoms with E-state index in [1.54, 1.807) is 12.1 Å². The molecule has 1 saturated carbocycles. The summed E-state index contributed by atoms with van der Waals surface area (Å²) < 4.78 is 4.97. The van der Waals surface area contributed by atoms with Gasteiger partial charge in [-0.2, -0.15) is 5.10 Å². The summed E-state index contributed by atoms with van der Waals surface area (Å²) in [5, 5.41) is 4.15. The summed E-state index contributed by atoms with van der Waals surface area (Å²) in [5.41, 5.74) is 3.61. The maximum atomic E-state index is 11.5. The van der Waals surface area contributed by atoms with E-state index in [2.05, 4.69) is 17.5 Å². The minimum absolute atomic E-state index is 0.282. The van der Waals surface area contributed by atoms with Crippen molar-refractivity contribution < 1.29 is 9.21 Å². The van der Waals surface area contributed by atoms with Crippen LogP contribution in [0, 0.1) is 5.92 Å². The lowest BCUT2D eigenvalue weighted by Gasteiger charge is -2.18. The van der Waals surface area contributed by atoms with Crippen molar-refractivity contribution in [3.8, 4) is 0 Å². The second-order valence-corrected chi connectivity index (χ2v) is 4.30. The molecule has 1 amide bonds. The summed E-state index contributed by atoms with van der Waals surface area (Å²) in [6, 6.07) is 3.31. The predicted molar refractivity (Wildman–Crippen MR) is 61.2 cm³/mol. The van der Waals surface area contributed by atoms with Crippen LogP contribution < -0.4 is 5.43 Å². The van der Waals surface area contributed by atoms with Gasteiger partial charge < -0.3 is 4.42 Å². The topological polar surface area (TPSA) is 54.6 Å². The van der Waals surface area contributed by atoms with Gasteiger partial charge >= 0.3 is 5.91 Å². The number of carbonyl (C=O) groups excluding carboxylic acids is 1. The first-order chi connectivity index (χ1) is 7.75. The highest BCUT2D eigenvalue weighted by atomic mass is 16.3. The average Bonchev–Trinajstić information content (AvgIpc) is 2.79. The molecule has 86 valence electrons. The number of hydrazone groups is 1. The van der Waals surface area contributed by atoms with E-state index in [-0.39, 0.29) is 5.91 Å². The first-order valence-corrected chi connectivity index (χ1v) is 5.65. The minimum Gasteiger partial charge on any atom is -0.459 e. The molecule has 0 bridgehead atoms. The summed E-state index contributed by atoms with van der Waals surface area (Å²) >= 11 is 0. The molecule has 0 saturated heterocycles. The highest BCUT2D eigenvalue weighted by Crippen LogP contribution is 2.20. The van der Waals surface area contributed by atoms with Gasteiger partial charge in [0.05, 0.1) is 6.26 Å². The number of hydrogen-bond donors (Lipinski definition) is 1. The summed E-state index contributed by atoms with van der Waals surface area (Å²) in [6.45, 7) is 2.21. The summed E-state index contributed by atoms with van der Waals surface area (Å²) in [4.78, 5) is 11.5. The fraction of sp³-hybridized carbons (Fsp3) is 0.500. The van der Waals surface area contributed by atoms with E-state index in [0.29, 0.717) is 11.7 Å². The van der Waals surface area contributed by atoms with Crippen molar-refractivity contribution in [1.29, 1.82) is 0 Å². The number of nitrogens with one attached hydrogen (secondary N) is 1. The number of hydrogen-bond acceptors (Lipinski definition) is 3. The van der Waals surface area contributed by atoms with Crippen LogP contribution in [0.15, 0.2) is 27.9 Å². The monoisotopic (exact) mass is 220 g/mol. The average molecular weight is 220 g/mol. The first kappa shape index (κ1) is 10.9. The number of furan rings is 1. The van der Waals surface area contributed by atoms with Gasteiger partial charge in [-0.25, -0.2) is 5.43 Å². The maximum absolute atomic E-state index is 11.5. The Bertz CT molecular complexity index is 382. The molecule has 1 fully saturated rings. The van der Waals surface area contributed by atoms with Gasteiger partial charge in [0.15, 0.2) is 5.76 Å². The molecule has 4 nitrogen and oxygen atoms in total. The largest absolute Gasteiger partial charge is 0.459 e. The van der Waals surface area contributed by atoms with Crippen LogP contribution in [-0.4, -0.2) is 11.6 Å². The molecule has 1 aliphatic rings. The van der Waals surface area contributed by atoms with Gasteiger partial charge in [-0.3, -0.25) is 4.79 Å². The summed E-state index contributed by atoms with van der Waals surface area (Å²) in [5.74, 6) is 0.692. The Hall–Kier alpha value is -1.58. The normalized spacial score (nSPS) is 23.3. The molecule has 1 atom stereocenters. The van der Waals surface area contributed by atoms with Gasteiger partial charge in [0, 0.05) is 5.71 Å². The highest BCUT2D eigenvalue weighted by Gasteiger charge is 2.14. The second-order valence-electron chi connectivity index (χ2n) is 4.30. The summed E-state index contributed by atoms with van der Waals surface area (Å²) in [6.07, 6.45) is 5.87. The Labute approximate surface area is 94.7 Å². The van der Waals surface area contributed by atoms with Crippen molar-refractivity contribution >= 4 is 11.6 Å². The fourth-order valence-electron chi connectivity index (χ4n) is 1.96. The van der Waals surface area contributed by atoms with E-state index in [0.717, 1.165) is 25.0 Å². The molecular weight excluding hydrogens is 204 g/mol. The summed E-state index contributed by atoms with van der Waals surface area (Å²) in [7, 11) is 0. The van der Waals surface area contributed by atoms with Crippen LogP contribution in [0.4, 0.5) is 0 Å². The molecular formula is C12H16N2O2. The third-order valence-electron chi connectivity index (χ3n) is 2.81. The number of amides is 1. The molecule has 1 unspecified atom stereocenters. The van der Waals surface area contributed by atoms with E-state index >= 15 is 0 Å². The molecule has 1 aromatic rings. The van der Waals surface area contributed by atoms with Gasteiger partial charge in [-0.15, -0.1) is 0 Å². The van der Waals surface area contributed by atoms with Crippen molar-refractivity contribution in [3.63, 3.8) is 0 Å². The van der Waals surface area contributed by atoms with Crippen molar-refractivity contribution in [2.45, 2.75) is 32.6 Å². The van der Waals surface area contributed by atoms with Crippen LogP contribution >= 0.6 is 0 Å². The minimum atomic E-state index is -0.282. The zero-order valence-corrected chi connectivity index (χ0v) is 9.40. The first-order valence-electron chi connectivity index (χ1n) is 5.65. The molecule has 0 spiro atoms. The second kappa shape index (κ2) is 4.96.